The molecule has 4 aromatic rings. The van der Waals surface area contributed by atoms with Crippen molar-refractivity contribution in [2.75, 3.05) is 11.9 Å². The van der Waals surface area contributed by atoms with E-state index < -0.39 is 0 Å². The van der Waals surface area contributed by atoms with Gasteiger partial charge in [0.1, 0.15) is 11.3 Å². The average Bonchev–Trinajstić information content (AvgIpc) is 3.20. The maximum atomic E-state index is 5.22. The van der Waals surface area contributed by atoms with Gasteiger partial charge in [-0.25, -0.2) is 9.97 Å². The molecule has 0 saturated heterocycles. The van der Waals surface area contributed by atoms with Crippen LogP contribution in [0.15, 0.2) is 48.5 Å². The fourth-order valence-electron chi connectivity index (χ4n) is 5.83. The van der Waals surface area contributed by atoms with Crippen molar-refractivity contribution in [1.82, 2.24) is 19.9 Å². The van der Waals surface area contributed by atoms with Crippen molar-refractivity contribution >= 4 is 27.8 Å². The monoisotopic (exact) mass is 525 g/mol. The summed E-state index contributed by atoms with van der Waals surface area (Å²) in [5, 5.41) is 8.53. The van der Waals surface area contributed by atoms with Crippen molar-refractivity contribution in [3.8, 4) is 0 Å². The summed E-state index contributed by atoms with van der Waals surface area (Å²) in [4.78, 5) is 10.2. The summed E-state index contributed by atoms with van der Waals surface area (Å²) >= 11 is 0. The molecule has 39 heavy (non-hydrogen) atoms. The Bertz CT molecular complexity index is 1400. The average molecular weight is 526 g/mol. The van der Waals surface area contributed by atoms with E-state index in [0.717, 1.165) is 72.9 Å². The van der Waals surface area contributed by atoms with Crippen LogP contribution in [0.25, 0.3) is 21.9 Å². The van der Waals surface area contributed by atoms with Crippen LogP contribution in [-0.4, -0.2) is 26.6 Å². The molecule has 0 amide bonds. The van der Waals surface area contributed by atoms with Gasteiger partial charge < -0.3 is 15.2 Å². The van der Waals surface area contributed by atoms with Crippen LogP contribution in [0.4, 0.5) is 5.82 Å². The molecule has 5 rings (SSSR count). The number of nitrogens with zero attached hydrogens (tertiary/aromatic N) is 3. The number of imidazole rings is 1. The third-order valence-corrected chi connectivity index (χ3v) is 8.39. The number of rotatable bonds is 11. The van der Waals surface area contributed by atoms with E-state index in [-0.39, 0.29) is 5.54 Å². The van der Waals surface area contributed by atoms with Gasteiger partial charge in [0.05, 0.1) is 11.0 Å². The second kappa shape index (κ2) is 11.3. The van der Waals surface area contributed by atoms with Gasteiger partial charge in [0.25, 0.3) is 0 Å². The van der Waals surface area contributed by atoms with Crippen LogP contribution in [0.1, 0.15) is 90.6 Å². The molecule has 5 heteroatoms. The van der Waals surface area contributed by atoms with Gasteiger partial charge in [0, 0.05) is 37.0 Å². The van der Waals surface area contributed by atoms with Crippen LogP contribution in [-0.2, 0) is 19.5 Å². The smallest absolute Gasteiger partial charge is 0.155 e. The molecule has 2 aromatic heterocycles. The second-order valence-corrected chi connectivity index (χ2v) is 13.3. The number of pyridine rings is 1. The van der Waals surface area contributed by atoms with Crippen LogP contribution in [0.3, 0.4) is 0 Å². The van der Waals surface area contributed by atoms with Crippen LogP contribution in [0, 0.1) is 11.3 Å². The standard InChI is InChI=1S/C34H47N5/c1-7-8-16-29-37-30-31(27-14-9-10-15-28(27)36-32(30)38-33(2,3)4)39(29)22-25-19-17-24(18-20-25)21-35-23-34(5,6)26-12-11-13-26/h9-10,14-15,17-20,26,35H,7-8,11-13,16,21-23H2,1-6H3,(H,36,38). The van der Waals surface area contributed by atoms with E-state index in [1.54, 1.807) is 0 Å². The Kier molecular flexibility index (Phi) is 8.00. The molecule has 2 aromatic carbocycles. The van der Waals surface area contributed by atoms with E-state index in [1.807, 2.05) is 0 Å². The number of aromatic nitrogens is 3. The van der Waals surface area contributed by atoms with E-state index in [2.05, 4.69) is 105 Å². The first-order chi connectivity index (χ1) is 18.6. The zero-order valence-corrected chi connectivity index (χ0v) is 24.9. The normalized spacial score (nSPS) is 14.7. The van der Waals surface area contributed by atoms with Gasteiger partial charge in [-0.15, -0.1) is 0 Å². The largest absolute Gasteiger partial charge is 0.364 e. The minimum Gasteiger partial charge on any atom is -0.364 e. The molecule has 0 atom stereocenters. The van der Waals surface area contributed by atoms with Crippen molar-refractivity contribution in [3.05, 3.63) is 65.5 Å². The Morgan fingerprint density at radius 3 is 2.31 bits per heavy atom. The molecule has 2 N–H and O–H groups in total. The Hall–Kier alpha value is -2.92. The molecule has 5 nitrogen and oxygen atoms in total. The summed E-state index contributed by atoms with van der Waals surface area (Å²) in [7, 11) is 0. The number of hydrogen-bond acceptors (Lipinski definition) is 4. The van der Waals surface area contributed by atoms with Crippen LogP contribution in [0.5, 0.6) is 0 Å². The molecule has 0 aliphatic heterocycles. The van der Waals surface area contributed by atoms with E-state index in [4.69, 9.17) is 9.97 Å². The molecule has 1 saturated carbocycles. The summed E-state index contributed by atoms with van der Waals surface area (Å²) in [6, 6.07) is 17.6. The van der Waals surface area contributed by atoms with Gasteiger partial charge in [0.15, 0.2) is 5.82 Å². The van der Waals surface area contributed by atoms with E-state index in [1.165, 1.54) is 35.9 Å². The zero-order chi connectivity index (χ0) is 27.6. The molecular formula is C34H47N5. The SMILES string of the molecule is CCCCc1nc2c(NC(C)(C)C)nc3ccccc3c2n1Cc1ccc(CNCC(C)(C)C2CCC2)cc1. The minimum atomic E-state index is -0.104. The molecule has 0 bridgehead atoms. The van der Waals surface area contributed by atoms with Crippen LogP contribution < -0.4 is 10.6 Å². The third-order valence-electron chi connectivity index (χ3n) is 8.39. The highest BCUT2D eigenvalue weighted by Crippen LogP contribution is 2.41. The number of fused-ring (bicyclic) bond motifs is 3. The Morgan fingerprint density at radius 1 is 0.923 bits per heavy atom. The first-order valence-electron chi connectivity index (χ1n) is 15.0. The maximum absolute atomic E-state index is 5.22. The lowest BCUT2D eigenvalue weighted by Crippen LogP contribution is -2.38. The molecule has 0 spiro atoms. The second-order valence-electron chi connectivity index (χ2n) is 13.3. The van der Waals surface area contributed by atoms with Crippen molar-refractivity contribution in [2.45, 2.75) is 98.7 Å². The van der Waals surface area contributed by atoms with Crippen molar-refractivity contribution in [2.24, 2.45) is 11.3 Å². The topological polar surface area (TPSA) is 54.8 Å². The lowest BCUT2D eigenvalue weighted by molar-refractivity contribution is 0.118. The number of nitrogens with one attached hydrogen (secondary N) is 2. The number of anilines is 1. The number of unbranched alkanes of at least 4 members (excludes halogenated alkanes) is 1. The molecule has 1 fully saturated rings. The molecule has 1 aliphatic carbocycles. The molecule has 2 heterocycles. The number of hydrogen-bond donors (Lipinski definition) is 2. The number of aryl methyl sites for hydroxylation is 1. The van der Waals surface area contributed by atoms with Crippen LogP contribution >= 0.6 is 0 Å². The highest BCUT2D eigenvalue weighted by Gasteiger charge is 2.33. The van der Waals surface area contributed by atoms with Gasteiger partial charge >= 0.3 is 0 Å². The Labute approximate surface area is 234 Å². The van der Waals surface area contributed by atoms with Crippen molar-refractivity contribution < 1.29 is 0 Å². The lowest BCUT2D eigenvalue weighted by Gasteiger charge is -2.40. The summed E-state index contributed by atoms with van der Waals surface area (Å²) in [6.07, 6.45) is 7.43. The van der Waals surface area contributed by atoms with Gasteiger partial charge in [-0.3, -0.25) is 0 Å². The predicted molar refractivity (Wildman–Crippen MR) is 165 cm³/mol. The third kappa shape index (κ3) is 6.30. The fourth-order valence-corrected chi connectivity index (χ4v) is 5.83. The number of benzene rings is 2. The van der Waals surface area contributed by atoms with E-state index >= 15 is 0 Å². The molecule has 0 radical (unpaired) electrons. The molecule has 208 valence electrons. The van der Waals surface area contributed by atoms with E-state index in [9.17, 15) is 0 Å². The maximum Gasteiger partial charge on any atom is 0.155 e. The van der Waals surface area contributed by atoms with Gasteiger partial charge in [0.2, 0.25) is 0 Å². The zero-order valence-electron chi connectivity index (χ0n) is 24.9. The minimum absolute atomic E-state index is 0.104. The van der Waals surface area contributed by atoms with Gasteiger partial charge in [-0.1, -0.05) is 76.1 Å². The molecule has 1 aliphatic rings. The summed E-state index contributed by atoms with van der Waals surface area (Å²) in [5.41, 5.74) is 6.09. The first-order valence-corrected chi connectivity index (χ1v) is 15.0. The highest BCUT2D eigenvalue weighted by atomic mass is 15.1. The summed E-state index contributed by atoms with van der Waals surface area (Å²) in [5.74, 6) is 2.90. The highest BCUT2D eigenvalue weighted by molar-refractivity contribution is 6.07. The Morgan fingerprint density at radius 2 is 1.64 bits per heavy atom. The predicted octanol–water partition coefficient (Wildman–Crippen LogP) is 8.10. The lowest BCUT2D eigenvalue weighted by atomic mass is 9.67. The van der Waals surface area contributed by atoms with Gasteiger partial charge in [-0.2, -0.15) is 0 Å². The van der Waals surface area contributed by atoms with Crippen molar-refractivity contribution in [1.29, 1.82) is 0 Å². The van der Waals surface area contributed by atoms with Crippen LogP contribution in [0.2, 0.25) is 0 Å². The van der Waals surface area contributed by atoms with Crippen molar-refractivity contribution in [3.63, 3.8) is 0 Å². The van der Waals surface area contributed by atoms with Gasteiger partial charge in [-0.05, 0) is 68.6 Å². The number of para-hydroxylation sites is 1. The first kappa shape index (κ1) is 27.6. The Balaban J connectivity index is 1.43. The molecule has 0 unspecified atom stereocenters. The fraction of sp³-hybridized carbons (Fsp3) is 0.529. The summed E-state index contributed by atoms with van der Waals surface area (Å²) < 4.78 is 2.44. The van der Waals surface area contributed by atoms with E-state index in [0.29, 0.717) is 5.41 Å². The quantitative estimate of drug-likeness (QED) is 0.208. The molecular weight excluding hydrogens is 478 g/mol. The summed E-state index contributed by atoms with van der Waals surface area (Å²) in [6.45, 7) is 16.4.